The smallest absolute Gasteiger partial charge is 0.261 e. The first-order chi connectivity index (χ1) is 15.7. The van der Waals surface area contributed by atoms with Crippen molar-refractivity contribution < 1.29 is 9.59 Å². The highest BCUT2D eigenvalue weighted by Gasteiger charge is 2.34. The molecule has 32 heavy (non-hydrogen) atoms. The molecule has 0 bridgehead atoms. The third-order valence-corrected chi connectivity index (χ3v) is 7.13. The topological polar surface area (TPSA) is 56.4 Å². The number of imide groups is 1. The van der Waals surface area contributed by atoms with Crippen LogP contribution in [0.25, 0.3) is 10.9 Å². The molecule has 2 aromatic carbocycles. The zero-order valence-corrected chi connectivity index (χ0v) is 18.6. The first-order valence-electron chi connectivity index (χ1n) is 12.0. The zero-order valence-electron chi connectivity index (χ0n) is 18.6. The number of aromatic nitrogens is 1. The third kappa shape index (κ3) is 4.09. The molecule has 1 saturated heterocycles. The maximum Gasteiger partial charge on any atom is 0.261 e. The molecule has 166 valence electrons. The molecule has 2 aliphatic rings. The summed E-state index contributed by atoms with van der Waals surface area (Å²) < 4.78 is 0. The van der Waals surface area contributed by atoms with E-state index in [1.165, 1.54) is 53.7 Å². The van der Waals surface area contributed by atoms with Gasteiger partial charge < -0.3 is 9.88 Å². The van der Waals surface area contributed by atoms with Crippen molar-refractivity contribution in [2.24, 2.45) is 0 Å². The molecular weight excluding hydrogens is 398 g/mol. The maximum absolute atomic E-state index is 12.4. The lowest BCUT2D eigenvalue weighted by molar-refractivity contribution is 0.0651. The van der Waals surface area contributed by atoms with Gasteiger partial charge in [-0.05, 0) is 75.0 Å². The lowest BCUT2D eigenvalue weighted by Gasteiger charge is -2.32. The van der Waals surface area contributed by atoms with Crippen LogP contribution in [-0.4, -0.2) is 52.8 Å². The summed E-state index contributed by atoms with van der Waals surface area (Å²) in [6, 6.07) is 15.7. The molecule has 5 nitrogen and oxygen atoms in total. The molecule has 1 N–H and O–H groups in total. The second-order valence-electron chi connectivity index (χ2n) is 9.13. The lowest BCUT2D eigenvalue weighted by Crippen LogP contribution is -2.33. The minimum absolute atomic E-state index is 0.135. The van der Waals surface area contributed by atoms with E-state index < -0.39 is 0 Å². The summed E-state index contributed by atoms with van der Waals surface area (Å²) in [7, 11) is 0. The number of amides is 2. The molecule has 1 fully saturated rings. The molecule has 2 amide bonds. The number of likely N-dealkylation sites (tertiary alicyclic amines) is 1. The molecular formula is C27H31N3O2. The van der Waals surface area contributed by atoms with Crippen molar-refractivity contribution in [2.45, 2.75) is 44.4 Å². The van der Waals surface area contributed by atoms with Crippen LogP contribution in [0, 0.1) is 0 Å². The van der Waals surface area contributed by atoms with Crippen LogP contribution >= 0.6 is 0 Å². The van der Waals surface area contributed by atoms with Crippen molar-refractivity contribution in [3.63, 3.8) is 0 Å². The van der Waals surface area contributed by atoms with E-state index in [9.17, 15) is 9.59 Å². The molecule has 3 aromatic rings. The molecule has 0 unspecified atom stereocenters. The van der Waals surface area contributed by atoms with Crippen LogP contribution in [0.3, 0.4) is 0 Å². The average Bonchev–Trinajstić information content (AvgIpc) is 3.37. The number of aromatic amines is 1. The number of hydrogen-bond acceptors (Lipinski definition) is 3. The standard InChI is InChI=1S/C27H31N3O2/c31-26-22-10-3-4-11-23(22)27(32)30(26)16-8-2-1-7-15-29-17-13-20(14-18-29)24-19-28-25-12-6-5-9-21(24)25/h3-6,9-12,19-20,28H,1-2,7-8,13-18H2. The highest BCUT2D eigenvalue weighted by molar-refractivity contribution is 6.21. The third-order valence-electron chi connectivity index (χ3n) is 7.13. The molecule has 0 radical (unpaired) electrons. The molecule has 3 heterocycles. The molecule has 2 aliphatic heterocycles. The van der Waals surface area contributed by atoms with Gasteiger partial charge in [0, 0.05) is 23.6 Å². The Morgan fingerprint density at radius 2 is 1.41 bits per heavy atom. The molecule has 0 saturated carbocycles. The number of para-hydroxylation sites is 1. The van der Waals surface area contributed by atoms with Gasteiger partial charge in [-0.25, -0.2) is 0 Å². The summed E-state index contributed by atoms with van der Waals surface area (Å²) in [4.78, 5) is 32.3. The first-order valence-corrected chi connectivity index (χ1v) is 12.0. The van der Waals surface area contributed by atoms with Crippen LogP contribution < -0.4 is 0 Å². The zero-order chi connectivity index (χ0) is 21.9. The van der Waals surface area contributed by atoms with E-state index in [2.05, 4.69) is 40.3 Å². The van der Waals surface area contributed by atoms with Crippen LogP contribution in [0.5, 0.6) is 0 Å². The SMILES string of the molecule is O=C1c2ccccc2C(=O)N1CCCCCCN1CCC(c2c[nH]c3ccccc23)CC1. The van der Waals surface area contributed by atoms with E-state index in [0.29, 0.717) is 23.6 Å². The normalized spacial score (nSPS) is 17.4. The number of carbonyl (C=O) groups excluding carboxylic acids is 2. The minimum Gasteiger partial charge on any atom is -0.361 e. The Hall–Kier alpha value is -2.92. The Morgan fingerprint density at radius 1 is 0.781 bits per heavy atom. The number of fused-ring (bicyclic) bond motifs is 2. The van der Waals surface area contributed by atoms with Gasteiger partial charge in [0.05, 0.1) is 11.1 Å². The second-order valence-corrected chi connectivity index (χ2v) is 9.13. The van der Waals surface area contributed by atoms with Gasteiger partial charge in [0.15, 0.2) is 0 Å². The summed E-state index contributed by atoms with van der Waals surface area (Å²) >= 11 is 0. The Labute approximate surface area is 189 Å². The summed E-state index contributed by atoms with van der Waals surface area (Å²) in [6.45, 7) is 4.01. The Balaban J connectivity index is 1.00. The number of carbonyl (C=O) groups is 2. The molecule has 0 aliphatic carbocycles. The molecule has 5 heteroatoms. The van der Waals surface area contributed by atoms with Crippen molar-refractivity contribution in [1.82, 2.24) is 14.8 Å². The van der Waals surface area contributed by atoms with Gasteiger partial charge in [0.25, 0.3) is 11.8 Å². The highest BCUT2D eigenvalue weighted by Crippen LogP contribution is 2.33. The Morgan fingerprint density at radius 3 is 2.12 bits per heavy atom. The van der Waals surface area contributed by atoms with E-state index in [-0.39, 0.29) is 11.8 Å². The van der Waals surface area contributed by atoms with Gasteiger partial charge in [0.1, 0.15) is 0 Å². The first kappa shape index (κ1) is 21.0. The summed E-state index contributed by atoms with van der Waals surface area (Å²) in [5.74, 6) is 0.384. The van der Waals surface area contributed by atoms with Gasteiger partial charge in [-0.1, -0.05) is 43.2 Å². The van der Waals surface area contributed by atoms with Crippen LogP contribution in [0.4, 0.5) is 0 Å². The van der Waals surface area contributed by atoms with Crippen LogP contribution in [0.1, 0.15) is 70.7 Å². The molecule has 0 atom stereocenters. The van der Waals surface area contributed by atoms with E-state index in [1.807, 2.05) is 12.1 Å². The van der Waals surface area contributed by atoms with Crippen LogP contribution in [-0.2, 0) is 0 Å². The summed E-state index contributed by atoms with van der Waals surface area (Å²) in [6.07, 6.45) is 8.92. The largest absolute Gasteiger partial charge is 0.361 e. The Kier molecular flexibility index (Phi) is 6.08. The fourth-order valence-electron chi connectivity index (χ4n) is 5.30. The number of piperidine rings is 1. The van der Waals surface area contributed by atoms with Gasteiger partial charge in [-0.15, -0.1) is 0 Å². The number of H-pyrrole nitrogens is 1. The van der Waals surface area contributed by atoms with E-state index in [4.69, 9.17) is 0 Å². The predicted molar refractivity (Wildman–Crippen MR) is 127 cm³/mol. The number of benzene rings is 2. The van der Waals surface area contributed by atoms with Gasteiger partial charge >= 0.3 is 0 Å². The minimum atomic E-state index is -0.135. The fraction of sp³-hybridized carbons (Fsp3) is 0.407. The number of unbranched alkanes of at least 4 members (excludes halogenated alkanes) is 3. The quantitative estimate of drug-likeness (QED) is 0.395. The van der Waals surface area contributed by atoms with E-state index in [0.717, 1.165) is 25.8 Å². The van der Waals surface area contributed by atoms with Crippen molar-refractivity contribution in [3.8, 4) is 0 Å². The number of nitrogens with one attached hydrogen (secondary N) is 1. The van der Waals surface area contributed by atoms with Crippen LogP contribution in [0.15, 0.2) is 54.7 Å². The predicted octanol–water partition coefficient (Wildman–Crippen LogP) is 5.20. The van der Waals surface area contributed by atoms with Crippen molar-refractivity contribution in [3.05, 3.63) is 71.4 Å². The monoisotopic (exact) mass is 429 g/mol. The summed E-state index contributed by atoms with van der Waals surface area (Å²) in [5, 5.41) is 1.38. The molecule has 1 aromatic heterocycles. The molecule has 5 rings (SSSR count). The average molecular weight is 430 g/mol. The van der Waals surface area contributed by atoms with Crippen LogP contribution in [0.2, 0.25) is 0 Å². The Bertz CT molecular complexity index is 1080. The van der Waals surface area contributed by atoms with Gasteiger partial charge in [-0.2, -0.15) is 0 Å². The number of hydrogen-bond donors (Lipinski definition) is 1. The second kappa shape index (κ2) is 9.29. The number of rotatable bonds is 8. The van der Waals surface area contributed by atoms with Gasteiger partial charge in [0.2, 0.25) is 0 Å². The maximum atomic E-state index is 12.4. The van der Waals surface area contributed by atoms with Crippen molar-refractivity contribution >= 4 is 22.7 Å². The van der Waals surface area contributed by atoms with E-state index >= 15 is 0 Å². The van der Waals surface area contributed by atoms with E-state index in [1.54, 1.807) is 12.1 Å². The van der Waals surface area contributed by atoms with Crippen molar-refractivity contribution in [1.29, 1.82) is 0 Å². The van der Waals surface area contributed by atoms with Crippen molar-refractivity contribution in [2.75, 3.05) is 26.2 Å². The summed E-state index contributed by atoms with van der Waals surface area (Å²) in [5.41, 5.74) is 3.82. The highest BCUT2D eigenvalue weighted by atomic mass is 16.2. The lowest BCUT2D eigenvalue weighted by atomic mass is 9.89. The fourth-order valence-corrected chi connectivity index (χ4v) is 5.30. The van der Waals surface area contributed by atoms with Gasteiger partial charge in [-0.3, -0.25) is 14.5 Å². The molecule has 0 spiro atoms. The number of nitrogens with zero attached hydrogens (tertiary/aromatic N) is 2.